The first-order valence-corrected chi connectivity index (χ1v) is 9.06. The third-order valence-electron chi connectivity index (χ3n) is 5.34. The van der Waals surface area contributed by atoms with Gasteiger partial charge in [-0.1, -0.05) is 0 Å². The Morgan fingerprint density at radius 1 is 1.12 bits per heavy atom. The molecule has 0 spiro atoms. The van der Waals surface area contributed by atoms with E-state index >= 15 is 0 Å². The highest BCUT2D eigenvalue weighted by Crippen LogP contribution is 2.25. The molecule has 2 aliphatic rings. The Balaban J connectivity index is 1.75. The number of carbonyl (C=O) groups excluding carboxylic acids is 2. The molecular formula is C18H28N4O2. The maximum atomic E-state index is 13.1. The molecule has 2 atom stereocenters. The summed E-state index contributed by atoms with van der Waals surface area (Å²) in [6.45, 7) is 7.88. The topological polar surface area (TPSA) is 58.4 Å². The van der Waals surface area contributed by atoms with Gasteiger partial charge >= 0.3 is 0 Å². The third kappa shape index (κ3) is 3.32. The second-order valence-electron chi connectivity index (χ2n) is 7.16. The van der Waals surface area contributed by atoms with Crippen molar-refractivity contribution in [3.8, 4) is 0 Å². The highest BCUT2D eigenvalue weighted by Gasteiger charge is 2.38. The monoisotopic (exact) mass is 332 g/mol. The van der Waals surface area contributed by atoms with E-state index in [9.17, 15) is 9.59 Å². The average Bonchev–Trinajstić information content (AvgIpc) is 3.14. The molecule has 0 aliphatic carbocycles. The molecule has 6 nitrogen and oxygen atoms in total. The lowest BCUT2D eigenvalue weighted by molar-refractivity contribution is -0.145. The van der Waals surface area contributed by atoms with Crippen LogP contribution in [0.25, 0.3) is 0 Å². The minimum atomic E-state index is -0.261. The molecular weight excluding hydrogens is 304 g/mol. The summed E-state index contributed by atoms with van der Waals surface area (Å²) < 4.78 is 2.02. The summed E-state index contributed by atoms with van der Waals surface area (Å²) >= 11 is 0. The molecule has 0 bridgehead atoms. The van der Waals surface area contributed by atoms with Gasteiger partial charge in [-0.2, -0.15) is 5.10 Å². The highest BCUT2D eigenvalue weighted by molar-refractivity contribution is 5.87. The standard InChI is InChI=1S/C18H28N4O2/c1-13-11-14(2)22(19-13)12-16-7-4-5-9-21(16)18(24)17-8-6-10-20(17)15(3)23/h11,16-17H,4-10,12H2,1-3H3. The van der Waals surface area contributed by atoms with E-state index in [4.69, 9.17) is 0 Å². The van der Waals surface area contributed by atoms with Crippen molar-refractivity contribution < 1.29 is 9.59 Å². The fourth-order valence-corrected chi connectivity index (χ4v) is 4.13. The van der Waals surface area contributed by atoms with Crippen LogP contribution in [-0.2, 0) is 16.1 Å². The van der Waals surface area contributed by atoms with Crippen molar-refractivity contribution in [3.63, 3.8) is 0 Å². The van der Waals surface area contributed by atoms with E-state index < -0.39 is 0 Å². The van der Waals surface area contributed by atoms with Gasteiger partial charge < -0.3 is 9.80 Å². The first-order valence-electron chi connectivity index (χ1n) is 9.06. The predicted octanol–water partition coefficient (Wildman–Crippen LogP) is 1.89. The van der Waals surface area contributed by atoms with Gasteiger partial charge in [-0.25, -0.2) is 0 Å². The quantitative estimate of drug-likeness (QED) is 0.849. The first kappa shape index (κ1) is 17.0. The number of nitrogens with zero attached hydrogens (tertiary/aromatic N) is 4. The largest absolute Gasteiger partial charge is 0.336 e. The Kier molecular flexibility index (Phi) is 4.92. The van der Waals surface area contributed by atoms with Crippen molar-refractivity contribution in [2.45, 2.75) is 71.5 Å². The van der Waals surface area contributed by atoms with E-state index in [0.29, 0.717) is 6.54 Å². The number of hydrogen-bond acceptors (Lipinski definition) is 3. The number of hydrogen-bond donors (Lipinski definition) is 0. The molecule has 2 aliphatic heterocycles. The molecule has 1 aromatic rings. The molecule has 24 heavy (non-hydrogen) atoms. The van der Waals surface area contributed by atoms with Gasteiger partial charge in [-0.3, -0.25) is 14.3 Å². The zero-order valence-corrected chi connectivity index (χ0v) is 15.0. The lowest BCUT2D eigenvalue weighted by Gasteiger charge is -2.38. The summed E-state index contributed by atoms with van der Waals surface area (Å²) in [4.78, 5) is 28.7. The van der Waals surface area contributed by atoms with Crippen LogP contribution in [0.4, 0.5) is 0 Å². The van der Waals surface area contributed by atoms with E-state index in [1.165, 1.54) is 0 Å². The average molecular weight is 332 g/mol. The zero-order valence-electron chi connectivity index (χ0n) is 15.0. The molecule has 0 aromatic carbocycles. The van der Waals surface area contributed by atoms with Gasteiger partial charge in [-0.15, -0.1) is 0 Å². The third-order valence-corrected chi connectivity index (χ3v) is 5.34. The highest BCUT2D eigenvalue weighted by atomic mass is 16.2. The number of aryl methyl sites for hydroxylation is 2. The molecule has 0 N–H and O–H groups in total. The van der Waals surface area contributed by atoms with E-state index in [1.54, 1.807) is 11.8 Å². The lowest BCUT2D eigenvalue weighted by atomic mass is 10.00. The van der Waals surface area contributed by atoms with Gasteiger partial charge in [0, 0.05) is 25.7 Å². The minimum Gasteiger partial charge on any atom is -0.336 e. The summed E-state index contributed by atoms with van der Waals surface area (Å²) in [5, 5.41) is 4.55. The molecule has 1 aromatic heterocycles. The SMILES string of the molecule is CC(=O)N1CCCC1C(=O)N1CCCCC1Cn1nc(C)cc1C. The van der Waals surface area contributed by atoms with E-state index in [2.05, 4.69) is 18.1 Å². The number of amides is 2. The zero-order chi connectivity index (χ0) is 17.3. The molecule has 2 amide bonds. The van der Waals surface area contributed by atoms with Crippen LogP contribution in [0.15, 0.2) is 6.07 Å². The van der Waals surface area contributed by atoms with Crippen LogP contribution >= 0.6 is 0 Å². The fraction of sp³-hybridized carbons (Fsp3) is 0.722. The molecule has 132 valence electrons. The van der Waals surface area contributed by atoms with Crippen LogP contribution in [0.1, 0.15) is 50.4 Å². The normalized spacial score (nSPS) is 24.5. The Hall–Kier alpha value is -1.85. The first-order chi connectivity index (χ1) is 11.5. The lowest BCUT2D eigenvalue weighted by Crippen LogP contribution is -2.53. The molecule has 0 saturated carbocycles. The Morgan fingerprint density at radius 3 is 2.54 bits per heavy atom. The van der Waals surface area contributed by atoms with Gasteiger partial charge in [0.25, 0.3) is 0 Å². The van der Waals surface area contributed by atoms with Crippen LogP contribution in [0.3, 0.4) is 0 Å². The second-order valence-corrected chi connectivity index (χ2v) is 7.16. The summed E-state index contributed by atoms with van der Waals surface area (Å²) in [6.07, 6.45) is 4.92. The summed E-state index contributed by atoms with van der Waals surface area (Å²) in [5.74, 6) is 0.145. The van der Waals surface area contributed by atoms with Crippen molar-refractivity contribution in [3.05, 3.63) is 17.5 Å². The molecule has 3 heterocycles. The fourth-order valence-electron chi connectivity index (χ4n) is 4.13. The van der Waals surface area contributed by atoms with Crippen molar-refractivity contribution in [1.29, 1.82) is 0 Å². The van der Waals surface area contributed by atoms with Gasteiger partial charge in [0.15, 0.2) is 0 Å². The molecule has 6 heteroatoms. The second kappa shape index (κ2) is 6.95. The molecule has 3 rings (SSSR count). The van der Waals surface area contributed by atoms with Gasteiger partial charge in [-0.05, 0) is 52.0 Å². The summed E-state index contributed by atoms with van der Waals surface area (Å²) in [5.41, 5.74) is 2.15. The van der Waals surface area contributed by atoms with Crippen LogP contribution in [-0.4, -0.2) is 56.6 Å². The Labute approximate surface area is 143 Å². The van der Waals surface area contributed by atoms with Crippen molar-refractivity contribution in [2.24, 2.45) is 0 Å². The summed E-state index contributed by atoms with van der Waals surface area (Å²) in [7, 11) is 0. The number of carbonyl (C=O) groups is 2. The van der Waals surface area contributed by atoms with Crippen LogP contribution in [0, 0.1) is 13.8 Å². The van der Waals surface area contributed by atoms with Crippen molar-refractivity contribution in [2.75, 3.05) is 13.1 Å². The van der Waals surface area contributed by atoms with E-state index in [1.807, 2.05) is 16.5 Å². The molecule has 0 radical (unpaired) electrons. The molecule has 2 saturated heterocycles. The Bertz CT molecular complexity index is 625. The number of aromatic nitrogens is 2. The van der Waals surface area contributed by atoms with Crippen molar-refractivity contribution >= 4 is 11.8 Å². The minimum absolute atomic E-state index is 0.0120. The predicted molar refractivity (Wildman–Crippen MR) is 91.5 cm³/mol. The van der Waals surface area contributed by atoms with Crippen LogP contribution in [0.5, 0.6) is 0 Å². The maximum Gasteiger partial charge on any atom is 0.245 e. The number of rotatable bonds is 3. The molecule has 2 fully saturated rings. The number of likely N-dealkylation sites (tertiary alicyclic amines) is 2. The smallest absolute Gasteiger partial charge is 0.245 e. The summed E-state index contributed by atoms with van der Waals surface area (Å²) in [6, 6.07) is 1.99. The van der Waals surface area contributed by atoms with Gasteiger partial charge in [0.2, 0.25) is 11.8 Å². The van der Waals surface area contributed by atoms with E-state index in [0.717, 1.165) is 56.6 Å². The van der Waals surface area contributed by atoms with Crippen molar-refractivity contribution in [1.82, 2.24) is 19.6 Å². The number of piperidine rings is 1. The maximum absolute atomic E-state index is 13.1. The van der Waals surface area contributed by atoms with Crippen LogP contribution < -0.4 is 0 Å². The van der Waals surface area contributed by atoms with Crippen LogP contribution in [0.2, 0.25) is 0 Å². The van der Waals surface area contributed by atoms with E-state index in [-0.39, 0.29) is 23.9 Å². The van der Waals surface area contributed by atoms with Gasteiger partial charge in [0.1, 0.15) is 6.04 Å². The Morgan fingerprint density at radius 2 is 1.88 bits per heavy atom. The van der Waals surface area contributed by atoms with Gasteiger partial charge in [0.05, 0.1) is 18.3 Å². The molecule has 2 unspecified atom stereocenters.